The van der Waals surface area contributed by atoms with Crippen molar-refractivity contribution in [3.05, 3.63) is 59.7 Å². The molecule has 0 atom stereocenters. The fourth-order valence-electron chi connectivity index (χ4n) is 3.66. The molecule has 0 radical (unpaired) electrons. The molecule has 7 nitrogen and oxygen atoms in total. The van der Waals surface area contributed by atoms with E-state index in [1.807, 2.05) is 48.5 Å². The lowest BCUT2D eigenvalue weighted by Crippen LogP contribution is -2.43. The van der Waals surface area contributed by atoms with Crippen molar-refractivity contribution in [3.8, 4) is 6.07 Å². The van der Waals surface area contributed by atoms with Gasteiger partial charge in [0.25, 0.3) is 5.91 Å². The van der Waals surface area contributed by atoms with Crippen molar-refractivity contribution in [3.63, 3.8) is 0 Å². The highest BCUT2D eigenvalue weighted by Crippen LogP contribution is 2.23. The van der Waals surface area contributed by atoms with E-state index >= 15 is 0 Å². The molecule has 1 aromatic heterocycles. The summed E-state index contributed by atoms with van der Waals surface area (Å²) in [5.41, 5.74) is 3.78. The highest BCUT2D eigenvalue weighted by molar-refractivity contribution is 7.98. The summed E-state index contributed by atoms with van der Waals surface area (Å²) >= 11 is 1.64. The lowest BCUT2D eigenvalue weighted by atomic mass is 10.1. The number of rotatable bonds is 9. The third-order valence-electron chi connectivity index (χ3n) is 5.51. The van der Waals surface area contributed by atoms with Gasteiger partial charge in [0.1, 0.15) is 0 Å². The summed E-state index contributed by atoms with van der Waals surface area (Å²) in [4.78, 5) is 25.1. The molecule has 3 aromatic rings. The van der Waals surface area contributed by atoms with Crippen LogP contribution in [0.2, 0.25) is 0 Å². The van der Waals surface area contributed by atoms with Crippen LogP contribution in [0.4, 0.5) is 0 Å². The number of carbonyl (C=O) groups excluding carboxylic acids is 1. The molecule has 2 aromatic carbocycles. The van der Waals surface area contributed by atoms with E-state index in [1.165, 1.54) is 0 Å². The van der Waals surface area contributed by atoms with E-state index in [0.29, 0.717) is 25.1 Å². The molecule has 0 unspecified atom stereocenters. The number of hydrogen-bond acceptors (Lipinski definition) is 6. The van der Waals surface area contributed by atoms with Crippen LogP contribution in [0.5, 0.6) is 0 Å². The van der Waals surface area contributed by atoms with Gasteiger partial charge in [0.05, 0.1) is 36.7 Å². The quantitative estimate of drug-likeness (QED) is 0.503. The molecular weight excluding hydrogens is 422 g/mol. The number of nitriles is 1. The number of benzene rings is 2. The van der Waals surface area contributed by atoms with Gasteiger partial charge in [-0.2, -0.15) is 5.26 Å². The lowest BCUT2D eigenvalue weighted by Gasteiger charge is -2.30. The van der Waals surface area contributed by atoms with Crippen molar-refractivity contribution < 1.29 is 9.53 Å². The molecular formula is C24H27N5O2S. The van der Waals surface area contributed by atoms with Crippen LogP contribution < -0.4 is 0 Å². The van der Waals surface area contributed by atoms with E-state index in [2.05, 4.69) is 20.9 Å². The Labute approximate surface area is 192 Å². The number of thioether (sulfide) groups is 1. The minimum Gasteiger partial charge on any atom is -0.379 e. The molecule has 1 amide bonds. The number of para-hydroxylation sites is 2. The molecule has 32 heavy (non-hydrogen) atoms. The van der Waals surface area contributed by atoms with E-state index in [4.69, 9.17) is 10.00 Å². The molecule has 2 heterocycles. The number of imidazole rings is 1. The van der Waals surface area contributed by atoms with Gasteiger partial charge in [-0.05, 0) is 29.8 Å². The van der Waals surface area contributed by atoms with Gasteiger partial charge >= 0.3 is 0 Å². The van der Waals surface area contributed by atoms with Crippen molar-refractivity contribution in [1.29, 1.82) is 5.26 Å². The van der Waals surface area contributed by atoms with Crippen LogP contribution >= 0.6 is 11.8 Å². The summed E-state index contributed by atoms with van der Waals surface area (Å²) in [6, 6.07) is 17.9. The van der Waals surface area contributed by atoms with Crippen LogP contribution in [-0.4, -0.2) is 71.6 Å². The summed E-state index contributed by atoms with van der Waals surface area (Å²) in [5, 5.41) is 9.88. The van der Waals surface area contributed by atoms with Crippen LogP contribution in [-0.2, 0) is 10.5 Å². The van der Waals surface area contributed by atoms with E-state index in [9.17, 15) is 4.79 Å². The molecule has 166 valence electrons. The molecule has 1 fully saturated rings. The SMILES string of the molecule is N#CCCN(CCN1CCOCC1)C(=O)c1ccc(CSc2nc3ccccc3[nH]2)cc1. The summed E-state index contributed by atoms with van der Waals surface area (Å²) in [5.74, 6) is 0.744. The van der Waals surface area contributed by atoms with Gasteiger partial charge in [-0.15, -0.1) is 0 Å². The number of H-pyrrole nitrogens is 1. The van der Waals surface area contributed by atoms with E-state index in [-0.39, 0.29) is 5.91 Å². The first-order valence-electron chi connectivity index (χ1n) is 10.9. The lowest BCUT2D eigenvalue weighted by molar-refractivity contribution is 0.0326. The molecule has 1 aliphatic heterocycles. The molecule has 8 heteroatoms. The van der Waals surface area contributed by atoms with Crippen molar-refractivity contribution >= 4 is 28.7 Å². The smallest absolute Gasteiger partial charge is 0.253 e. The third kappa shape index (κ3) is 5.88. The Bertz CT molecular complexity index is 1040. The minimum absolute atomic E-state index is 0.0232. The van der Waals surface area contributed by atoms with Gasteiger partial charge in [-0.1, -0.05) is 36.0 Å². The fraction of sp³-hybridized carbons (Fsp3) is 0.375. The van der Waals surface area contributed by atoms with Crippen LogP contribution in [0.3, 0.4) is 0 Å². The first kappa shape index (κ1) is 22.3. The largest absolute Gasteiger partial charge is 0.379 e. The van der Waals surface area contributed by atoms with Crippen LogP contribution in [0.15, 0.2) is 53.7 Å². The van der Waals surface area contributed by atoms with Crippen molar-refractivity contribution in [2.45, 2.75) is 17.3 Å². The molecule has 0 spiro atoms. The molecule has 0 bridgehead atoms. The van der Waals surface area contributed by atoms with Crippen molar-refractivity contribution in [1.82, 2.24) is 19.8 Å². The number of hydrogen-bond donors (Lipinski definition) is 1. The van der Waals surface area contributed by atoms with Gasteiger partial charge in [-0.3, -0.25) is 9.69 Å². The van der Waals surface area contributed by atoms with Gasteiger partial charge < -0.3 is 14.6 Å². The summed E-state index contributed by atoms with van der Waals surface area (Å²) in [7, 11) is 0. The molecule has 1 aliphatic rings. The third-order valence-corrected chi connectivity index (χ3v) is 6.46. The number of nitrogens with zero attached hydrogens (tertiary/aromatic N) is 4. The first-order chi connectivity index (χ1) is 15.7. The predicted octanol–water partition coefficient (Wildman–Crippen LogP) is 3.54. The zero-order valence-corrected chi connectivity index (χ0v) is 18.8. The van der Waals surface area contributed by atoms with Gasteiger partial charge in [-0.25, -0.2) is 4.98 Å². The topological polar surface area (TPSA) is 85.2 Å². The summed E-state index contributed by atoms with van der Waals surface area (Å²) in [6.45, 7) is 5.11. The number of nitrogens with one attached hydrogen (secondary N) is 1. The molecule has 1 saturated heterocycles. The maximum atomic E-state index is 13.1. The molecule has 4 rings (SSSR count). The first-order valence-corrected chi connectivity index (χ1v) is 11.8. The second-order valence-electron chi connectivity index (χ2n) is 7.70. The Kier molecular flexibility index (Phi) is 7.77. The van der Waals surface area contributed by atoms with Crippen LogP contribution in [0.1, 0.15) is 22.3 Å². The van der Waals surface area contributed by atoms with Crippen LogP contribution in [0, 0.1) is 11.3 Å². The van der Waals surface area contributed by atoms with Crippen molar-refractivity contribution in [2.24, 2.45) is 0 Å². The second-order valence-corrected chi connectivity index (χ2v) is 8.66. The number of ether oxygens (including phenoxy) is 1. The normalized spacial score (nSPS) is 14.3. The van der Waals surface area contributed by atoms with Crippen molar-refractivity contribution in [2.75, 3.05) is 45.9 Å². The Morgan fingerprint density at radius 3 is 2.69 bits per heavy atom. The maximum absolute atomic E-state index is 13.1. The summed E-state index contributed by atoms with van der Waals surface area (Å²) < 4.78 is 5.39. The fourth-order valence-corrected chi connectivity index (χ4v) is 4.50. The minimum atomic E-state index is -0.0232. The zero-order valence-electron chi connectivity index (χ0n) is 18.0. The molecule has 1 N–H and O–H groups in total. The molecule has 0 aliphatic carbocycles. The van der Waals surface area contributed by atoms with Gasteiger partial charge in [0, 0.05) is 44.0 Å². The zero-order chi connectivity index (χ0) is 22.2. The monoisotopic (exact) mass is 449 g/mol. The number of carbonyl (C=O) groups is 1. The Morgan fingerprint density at radius 2 is 1.94 bits per heavy atom. The second kappa shape index (κ2) is 11.1. The maximum Gasteiger partial charge on any atom is 0.253 e. The number of amides is 1. The number of aromatic amines is 1. The predicted molar refractivity (Wildman–Crippen MR) is 125 cm³/mol. The van der Waals surface area contributed by atoms with Crippen LogP contribution in [0.25, 0.3) is 11.0 Å². The molecule has 0 saturated carbocycles. The number of aromatic nitrogens is 2. The van der Waals surface area contributed by atoms with Gasteiger partial charge in [0.15, 0.2) is 5.16 Å². The highest BCUT2D eigenvalue weighted by atomic mass is 32.2. The van der Waals surface area contributed by atoms with E-state index < -0.39 is 0 Å². The Hall–Kier alpha value is -2.86. The summed E-state index contributed by atoms with van der Waals surface area (Å²) in [6.07, 6.45) is 0.334. The van der Waals surface area contributed by atoms with E-state index in [0.717, 1.165) is 60.4 Å². The number of fused-ring (bicyclic) bond motifs is 1. The van der Waals surface area contributed by atoms with E-state index in [1.54, 1.807) is 16.7 Å². The average molecular weight is 450 g/mol. The Balaban J connectivity index is 1.34. The van der Waals surface area contributed by atoms with Gasteiger partial charge in [0.2, 0.25) is 0 Å². The highest BCUT2D eigenvalue weighted by Gasteiger charge is 2.18. The Morgan fingerprint density at radius 1 is 1.16 bits per heavy atom. The average Bonchev–Trinajstić information content (AvgIpc) is 3.26. The standard InChI is InChI=1S/C24H27N5O2S/c25-10-3-11-29(13-12-28-14-16-31-17-15-28)23(30)20-8-6-19(7-9-20)18-32-24-26-21-4-1-2-5-22(21)27-24/h1-2,4-9H,3,11-18H2,(H,26,27). The number of morpholine rings is 1.